The molecule has 0 heterocycles. The van der Waals surface area contributed by atoms with Crippen LogP contribution in [-0.2, 0) is 5.41 Å². The maximum Gasteiger partial charge on any atom is 0.180 e. The number of anilines is 2. The monoisotopic (exact) mass is 549 g/mol. The van der Waals surface area contributed by atoms with Crippen LogP contribution in [-0.4, -0.2) is 8.07 Å². The van der Waals surface area contributed by atoms with E-state index in [-0.39, 0.29) is 5.41 Å². The van der Waals surface area contributed by atoms with Gasteiger partial charge in [0.05, 0.1) is 15.7 Å². The van der Waals surface area contributed by atoms with Gasteiger partial charge >= 0.3 is 0 Å². The summed E-state index contributed by atoms with van der Waals surface area (Å²) >= 11 is 13.7. The minimum Gasteiger partial charge on any atom is -0.354 e. The predicted molar refractivity (Wildman–Crippen MR) is 166 cm³/mol. The number of halogens is 2. The number of nitrogens with one attached hydrogen (secondary N) is 1. The SMILES string of the molecule is CC(C)(C)c1ccc(Nc2cc([Si](c3cc#ccc3)(c3ccccc3)c3ccccc3)cc(Cl)c2Cl)cc1. The van der Waals surface area contributed by atoms with Crippen LogP contribution in [0.3, 0.4) is 0 Å². The summed E-state index contributed by atoms with van der Waals surface area (Å²) in [5, 5.41) is 9.43. The van der Waals surface area contributed by atoms with Crippen LogP contribution in [0.2, 0.25) is 10.0 Å². The van der Waals surface area contributed by atoms with E-state index in [0.717, 1.165) is 16.6 Å². The highest BCUT2D eigenvalue weighted by Crippen LogP contribution is 2.33. The summed E-state index contributed by atoms with van der Waals surface area (Å²) in [6.45, 7) is 6.64. The molecule has 0 aliphatic carbocycles. The van der Waals surface area contributed by atoms with Crippen LogP contribution in [0.25, 0.3) is 0 Å². The third kappa shape index (κ3) is 4.98. The quantitative estimate of drug-likeness (QED) is 0.177. The minimum absolute atomic E-state index is 0.0834. The highest BCUT2D eigenvalue weighted by molar-refractivity contribution is 7.20. The van der Waals surface area contributed by atoms with Gasteiger partial charge in [-0.05, 0) is 68.1 Å². The van der Waals surface area contributed by atoms with Gasteiger partial charge in [0, 0.05) is 5.69 Å². The summed E-state index contributed by atoms with van der Waals surface area (Å²) in [5.41, 5.74) is 3.10. The average molecular weight is 551 g/mol. The van der Waals surface area contributed by atoms with Crippen LogP contribution in [0.5, 0.6) is 0 Å². The number of rotatable bonds is 6. The van der Waals surface area contributed by atoms with Crippen LogP contribution in [0.15, 0.2) is 115 Å². The summed E-state index contributed by atoms with van der Waals surface area (Å²) in [4.78, 5) is 0. The van der Waals surface area contributed by atoms with Crippen LogP contribution >= 0.6 is 23.2 Å². The standard InChI is InChI=1S/C34H29Cl2NSi/c1-34(2,3)25-19-21-26(22-20-25)37-32-24-30(23-31(35)33(32)36)38(27-13-7-4-8-14-27,28-15-9-5-10-16-28)29-17-11-6-12-18-29/h4-5,7-11,13-24,37H,1-3H3. The molecule has 0 unspecified atom stereocenters. The van der Waals surface area contributed by atoms with E-state index in [1.165, 1.54) is 21.1 Å². The lowest BCUT2D eigenvalue weighted by atomic mass is 9.87. The largest absolute Gasteiger partial charge is 0.354 e. The Hall–Kier alpha value is -3.48. The van der Waals surface area contributed by atoms with E-state index in [0.29, 0.717) is 10.0 Å². The first-order valence-corrected chi connectivity index (χ1v) is 15.4. The van der Waals surface area contributed by atoms with Gasteiger partial charge in [0.15, 0.2) is 8.07 Å². The number of hydrogen-bond acceptors (Lipinski definition) is 1. The molecule has 0 spiro atoms. The smallest absolute Gasteiger partial charge is 0.180 e. The normalized spacial score (nSPS) is 11.6. The minimum atomic E-state index is -2.77. The molecule has 5 aromatic rings. The zero-order valence-corrected chi connectivity index (χ0v) is 24.2. The maximum atomic E-state index is 6.88. The second kappa shape index (κ2) is 10.7. The fourth-order valence-corrected chi connectivity index (χ4v) is 10.3. The number of hydrogen-bond donors (Lipinski definition) is 1. The van der Waals surface area contributed by atoms with Gasteiger partial charge in [0.2, 0.25) is 0 Å². The van der Waals surface area contributed by atoms with Crippen molar-refractivity contribution >= 4 is 63.4 Å². The maximum absolute atomic E-state index is 6.88. The van der Waals surface area contributed by atoms with E-state index < -0.39 is 8.07 Å². The highest BCUT2D eigenvalue weighted by Gasteiger charge is 2.42. The topological polar surface area (TPSA) is 12.0 Å². The highest BCUT2D eigenvalue weighted by atomic mass is 35.5. The fourth-order valence-electron chi connectivity index (χ4n) is 5.06. The first kappa shape index (κ1) is 26.1. The van der Waals surface area contributed by atoms with Gasteiger partial charge < -0.3 is 5.32 Å². The molecule has 5 aromatic carbocycles. The van der Waals surface area contributed by atoms with Crippen molar-refractivity contribution < 1.29 is 0 Å². The van der Waals surface area contributed by atoms with Gasteiger partial charge in [0.25, 0.3) is 0 Å². The second-order valence-corrected chi connectivity index (χ2v) is 15.1. The van der Waals surface area contributed by atoms with Crippen molar-refractivity contribution in [2.24, 2.45) is 0 Å². The molecule has 0 aliphatic rings. The van der Waals surface area contributed by atoms with Crippen molar-refractivity contribution in [1.29, 1.82) is 0 Å². The summed E-state index contributed by atoms with van der Waals surface area (Å²) < 4.78 is 0. The predicted octanol–water partition coefficient (Wildman–Crippen LogP) is 7.01. The van der Waals surface area contributed by atoms with Crippen LogP contribution in [0.4, 0.5) is 11.4 Å². The Kier molecular flexibility index (Phi) is 7.37. The Morgan fingerprint density at radius 1 is 0.658 bits per heavy atom. The van der Waals surface area contributed by atoms with Crippen molar-refractivity contribution in [2.45, 2.75) is 26.2 Å². The second-order valence-electron chi connectivity index (χ2n) is 10.5. The molecule has 0 fully saturated rings. The fraction of sp³-hybridized carbons (Fsp3) is 0.118. The summed E-state index contributed by atoms with van der Waals surface area (Å²) in [5.74, 6) is 0. The molecule has 188 valence electrons. The van der Waals surface area contributed by atoms with E-state index >= 15 is 0 Å². The molecular weight excluding hydrogens is 521 g/mol. The van der Waals surface area contributed by atoms with Crippen molar-refractivity contribution in [3.63, 3.8) is 0 Å². The van der Waals surface area contributed by atoms with E-state index in [2.05, 4.69) is 141 Å². The first-order chi connectivity index (χ1) is 18.3. The molecule has 4 heteroatoms. The molecule has 0 radical (unpaired) electrons. The summed E-state index contributed by atoms with van der Waals surface area (Å²) in [6.07, 6.45) is 0. The van der Waals surface area contributed by atoms with E-state index in [1.807, 2.05) is 12.1 Å². The van der Waals surface area contributed by atoms with Gasteiger partial charge in [0.1, 0.15) is 0 Å². The third-order valence-corrected chi connectivity index (χ3v) is 12.5. The molecule has 0 aliphatic heterocycles. The molecular formula is C34H29Cl2NSi. The average Bonchev–Trinajstić information content (AvgIpc) is 2.93. The molecule has 0 atom stereocenters. The number of benzene rings is 4. The van der Waals surface area contributed by atoms with E-state index in [9.17, 15) is 0 Å². The molecule has 0 amide bonds. The van der Waals surface area contributed by atoms with Crippen molar-refractivity contribution in [3.8, 4) is 0 Å². The lowest BCUT2D eigenvalue weighted by Gasteiger charge is -2.34. The van der Waals surface area contributed by atoms with Crippen molar-refractivity contribution in [3.05, 3.63) is 143 Å². The molecule has 0 aromatic heterocycles. The van der Waals surface area contributed by atoms with Crippen molar-refractivity contribution in [1.82, 2.24) is 0 Å². The molecule has 38 heavy (non-hydrogen) atoms. The van der Waals surface area contributed by atoms with Gasteiger partial charge in [-0.15, -0.1) is 0 Å². The van der Waals surface area contributed by atoms with Crippen LogP contribution in [0.1, 0.15) is 26.3 Å². The zero-order valence-electron chi connectivity index (χ0n) is 21.7. The molecule has 1 nitrogen and oxygen atoms in total. The lowest BCUT2D eigenvalue weighted by molar-refractivity contribution is 0.590. The molecule has 5 rings (SSSR count). The van der Waals surface area contributed by atoms with Gasteiger partial charge in [-0.3, -0.25) is 0 Å². The lowest BCUT2D eigenvalue weighted by Crippen LogP contribution is -2.74. The Bertz CT molecular complexity index is 1410. The molecule has 0 bridgehead atoms. The molecule has 0 saturated heterocycles. The third-order valence-electron chi connectivity index (χ3n) is 7.00. The Morgan fingerprint density at radius 3 is 1.79 bits per heavy atom. The van der Waals surface area contributed by atoms with Gasteiger partial charge in [-0.25, -0.2) is 0 Å². The molecule has 1 N–H and O–H groups in total. The van der Waals surface area contributed by atoms with Crippen molar-refractivity contribution in [2.75, 3.05) is 5.32 Å². The summed E-state index contributed by atoms with van der Waals surface area (Å²) in [6, 6.07) is 46.6. The van der Waals surface area contributed by atoms with E-state index in [1.54, 1.807) is 0 Å². The Labute approximate surface area is 237 Å². The van der Waals surface area contributed by atoms with E-state index in [4.69, 9.17) is 23.2 Å². The van der Waals surface area contributed by atoms with Crippen LogP contribution in [0, 0.1) is 12.1 Å². The Balaban J connectivity index is 1.74. The Morgan fingerprint density at radius 2 is 1.26 bits per heavy atom. The van der Waals surface area contributed by atoms with Gasteiger partial charge in [-0.1, -0.05) is 135 Å². The zero-order chi connectivity index (χ0) is 26.8. The van der Waals surface area contributed by atoms with Gasteiger partial charge in [-0.2, -0.15) is 0 Å². The summed E-state index contributed by atoms with van der Waals surface area (Å²) in [7, 11) is -2.77. The molecule has 0 saturated carbocycles. The first-order valence-electron chi connectivity index (χ1n) is 12.7. The van der Waals surface area contributed by atoms with Crippen LogP contribution < -0.4 is 26.1 Å².